The SMILES string of the molecule is O=Cc1ncsc1S(=O)(=O)c1ccccc1. The molecule has 0 amide bonds. The van der Waals surface area contributed by atoms with Crippen molar-refractivity contribution in [1.29, 1.82) is 0 Å². The summed E-state index contributed by atoms with van der Waals surface area (Å²) in [7, 11) is -3.61. The fourth-order valence-electron chi connectivity index (χ4n) is 1.23. The minimum Gasteiger partial charge on any atom is -0.296 e. The zero-order valence-corrected chi connectivity index (χ0v) is 9.66. The predicted molar refractivity (Wildman–Crippen MR) is 59.4 cm³/mol. The highest BCUT2D eigenvalue weighted by atomic mass is 32.2. The van der Waals surface area contributed by atoms with Gasteiger partial charge >= 0.3 is 0 Å². The van der Waals surface area contributed by atoms with Gasteiger partial charge < -0.3 is 0 Å². The molecule has 0 radical (unpaired) electrons. The Labute approximate surface area is 96.5 Å². The van der Waals surface area contributed by atoms with Gasteiger partial charge in [0.15, 0.2) is 10.5 Å². The summed E-state index contributed by atoms with van der Waals surface area (Å²) in [4.78, 5) is 14.5. The molecule has 0 spiro atoms. The van der Waals surface area contributed by atoms with Crippen LogP contribution in [0.1, 0.15) is 10.5 Å². The van der Waals surface area contributed by atoms with Crippen molar-refractivity contribution in [2.75, 3.05) is 0 Å². The van der Waals surface area contributed by atoms with Crippen LogP contribution < -0.4 is 0 Å². The molecular formula is C10H7NO3S2. The highest BCUT2D eigenvalue weighted by molar-refractivity contribution is 7.93. The molecular weight excluding hydrogens is 246 g/mol. The lowest BCUT2D eigenvalue weighted by atomic mass is 10.4. The molecule has 0 N–H and O–H groups in total. The Kier molecular flexibility index (Phi) is 2.84. The molecule has 2 rings (SSSR count). The van der Waals surface area contributed by atoms with Crippen LogP contribution in [0.15, 0.2) is 44.9 Å². The van der Waals surface area contributed by atoms with E-state index in [-0.39, 0.29) is 14.8 Å². The summed E-state index contributed by atoms with van der Waals surface area (Å²) >= 11 is 0.946. The molecule has 2 aromatic rings. The second kappa shape index (κ2) is 4.15. The van der Waals surface area contributed by atoms with E-state index in [1.807, 2.05) is 0 Å². The smallest absolute Gasteiger partial charge is 0.218 e. The summed E-state index contributed by atoms with van der Waals surface area (Å²) in [5, 5.41) is 0. The normalized spacial score (nSPS) is 11.2. The first kappa shape index (κ1) is 11.0. The van der Waals surface area contributed by atoms with Gasteiger partial charge in [-0.25, -0.2) is 13.4 Å². The number of hydrogen-bond acceptors (Lipinski definition) is 5. The molecule has 0 aliphatic heterocycles. The van der Waals surface area contributed by atoms with Crippen LogP contribution >= 0.6 is 11.3 Å². The van der Waals surface area contributed by atoms with Crippen molar-refractivity contribution < 1.29 is 13.2 Å². The molecule has 0 aliphatic rings. The molecule has 1 aromatic heterocycles. The molecule has 82 valence electrons. The largest absolute Gasteiger partial charge is 0.296 e. The molecule has 0 aliphatic carbocycles. The third kappa shape index (κ3) is 1.77. The molecule has 1 aromatic carbocycles. The topological polar surface area (TPSA) is 64.1 Å². The zero-order valence-electron chi connectivity index (χ0n) is 8.03. The minimum atomic E-state index is -3.61. The van der Waals surface area contributed by atoms with E-state index in [2.05, 4.69) is 4.98 Å². The second-order valence-corrected chi connectivity index (χ2v) is 5.96. The fraction of sp³-hybridized carbons (Fsp3) is 0. The number of aldehydes is 1. The number of thiazole rings is 1. The monoisotopic (exact) mass is 253 g/mol. The first-order chi connectivity index (χ1) is 7.66. The van der Waals surface area contributed by atoms with Crippen molar-refractivity contribution in [3.05, 3.63) is 41.5 Å². The summed E-state index contributed by atoms with van der Waals surface area (Å²) in [6, 6.07) is 7.97. The summed E-state index contributed by atoms with van der Waals surface area (Å²) in [6.07, 6.45) is 0.451. The third-order valence-corrected chi connectivity index (χ3v) is 5.14. The van der Waals surface area contributed by atoms with E-state index < -0.39 is 9.84 Å². The van der Waals surface area contributed by atoms with Crippen LogP contribution in [0.2, 0.25) is 0 Å². The van der Waals surface area contributed by atoms with Gasteiger partial charge in [0.25, 0.3) is 0 Å². The van der Waals surface area contributed by atoms with Crippen molar-refractivity contribution in [3.8, 4) is 0 Å². The number of rotatable bonds is 3. The van der Waals surface area contributed by atoms with E-state index in [1.54, 1.807) is 18.2 Å². The lowest BCUT2D eigenvalue weighted by Crippen LogP contribution is -2.02. The molecule has 0 fully saturated rings. The maximum absolute atomic E-state index is 12.1. The second-order valence-electron chi connectivity index (χ2n) is 2.96. The van der Waals surface area contributed by atoms with Crippen molar-refractivity contribution >= 4 is 27.5 Å². The Morgan fingerprint density at radius 3 is 2.50 bits per heavy atom. The Balaban J connectivity index is 2.61. The maximum atomic E-state index is 12.1. The van der Waals surface area contributed by atoms with E-state index in [9.17, 15) is 13.2 Å². The highest BCUT2D eigenvalue weighted by Gasteiger charge is 2.23. The Bertz CT molecular complexity index is 602. The van der Waals surface area contributed by atoms with E-state index >= 15 is 0 Å². The third-order valence-electron chi connectivity index (χ3n) is 1.97. The summed E-state index contributed by atoms with van der Waals surface area (Å²) in [5.74, 6) is 0. The zero-order chi connectivity index (χ0) is 11.6. The van der Waals surface area contributed by atoms with Gasteiger partial charge in [-0.05, 0) is 12.1 Å². The molecule has 0 saturated heterocycles. The van der Waals surface area contributed by atoms with Crippen LogP contribution in [0.3, 0.4) is 0 Å². The van der Waals surface area contributed by atoms with Gasteiger partial charge in [-0.3, -0.25) is 4.79 Å². The van der Waals surface area contributed by atoms with Crippen molar-refractivity contribution in [3.63, 3.8) is 0 Å². The maximum Gasteiger partial charge on any atom is 0.218 e. The molecule has 16 heavy (non-hydrogen) atoms. The van der Waals surface area contributed by atoms with Crippen molar-refractivity contribution in [2.24, 2.45) is 0 Å². The van der Waals surface area contributed by atoms with Crippen LogP contribution in [0, 0.1) is 0 Å². The Hall–Kier alpha value is -1.53. The number of carbonyl (C=O) groups excluding carboxylic acids is 1. The predicted octanol–water partition coefficient (Wildman–Crippen LogP) is 1.79. The van der Waals surface area contributed by atoms with Crippen molar-refractivity contribution in [1.82, 2.24) is 4.98 Å². The lowest BCUT2D eigenvalue weighted by molar-refractivity contribution is 0.111. The van der Waals surface area contributed by atoms with E-state index in [4.69, 9.17) is 0 Å². The van der Waals surface area contributed by atoms with Gasteiger partial charge in [0.1, 0.15) is 5.69 Å². The molecule has 1 heterocycles. The van der Waals surface area contributed by atoms with Crippen LogP contribution in [-0.4, -0.2) is 19.7 Å². The highest BCUT2D eigenvalue weighted by Crippen LogP contribution is 2.26. The summed E-state index contributed by atoms with van der Waals surface area (Å²) in [6.45, 7) is 0. The summed E-state index contributed by atoms with van der Waals surface area (Å²) in [5.41, 5.74) is 1.31. The van der Waals surface area contributed by atoms with Gasteiger partial charge in [0.05, 0.1) is 10.4 Å². The number of nitrogens with zero attached hydrogens (tertiary/aromatic N) is 1. The number of aromatic nitrogens is 1. The first-order valence-corrected chi connectivity index (χ1v) is 6.71. The van der Waals surface area contributed by atoms with E-state index in [0.29, 0.717) is 6.29 Å². The molecule has 0 atom stereocenters. The lowest BCUT2D eigenvalue weighted by Gasteiger charge is -2.00. The summed E-state index contributed by atoms with van der Waals surface area (Å²) < 4.78 is 24.2. The Morgan fingerprint density at radius 1 is 1.19 bits per heavy atom. The van der Waals surface area contributed by atoms with Gasteiger partial charge in [-0.1, -0.05) is 18.2 Å². The number of benzene rings is 1. The van der Waals surface area contributed by atoms with E-state index in [1.165, 1.54) is 17.6 Å². The van der Waals surface area contributed by atoms with Crippen molar-refractivity contribution in [2.45, 2.75) is 9.10 Å². The van der Waals surface area contributed by atoms with Crippen LogP contribution in [-0.2, 0) is 9.84 Å². The number of sulfone groups is 1. The molecule has 0 saturated carbocycles. The standard InChI is InChI=1S/C10H7NO3S2/c12-6-9-10(15-7-11-9)16(13,14)8-4-2-1-3-5-8/h1-7H. The average molecular weight is 253 g/mol. The van der Waals surface area contributed by atoms with Crippen LogP contribution in [0.5, 0.6) is 0 Å². The minimum absolute atomic E-state index is 0.00583. The number of carbonyl (C=O) groups is 1. The van der Waals surface area contributed by atoms with Gasteiger partial charge in [0.2, 0.25) is 9.84 Å². The van der Waals surface area contributed by atoms with Gasteiger partial charge in [-0.2, -0.15) is 0 Å². The molecule has 0 unspecified atom stereocenters. The Morgan fingerprint density at radius 2 is 1.88 bits per heavy atom. The van der Waals surface area contributed by atoms with Gasteiger partial charge in [0, 0.05) is 0 Å². The van der Waals surface area contributed by atoms with Gasteiger partial charge in [-0.15, -0.1) is 11.3 Å². The van der Waals surface area contributed by atoms with E-state index in [0.717, 1.165) is 11.3 Å². The first-order valence-electron chi connectivity index (χ1n) is 4.35. The quantitative estimate of drug-likeness (QED) is 0.782. The average Bonchev–Trinajstić information content (AvgIpc) is 2.79. The van der Waals surface area contributed by atoms with Crippen LogP contribution in [0.4, 0.5) is 0 Å². The fourth-order valence-corrected chi connectivity index (χ4v) is 3.74. The molecule has 4 nitrogen and oxygen atoms in total. The molecule has 6 heteroatoms. The number of hydrogen-bond donors (Lipinski definition) is 0. The molecule has 0 bridgehead atoms. The van der Waals surface area contributed by atoms with Crippen LogP contribution in [0.25, 0.3) is 0 Å².